The third-order valence-electron chi connectivity index (χ3n) is 3.49. The maximum atomic E-state index is 11.1. The molecule has 0 fully saturated rings. The average Bonchev–Trinajstić information content (AvgIpc) is 2.54. The summed E-state index contributed by atoms with van der Waals surface area (Å²) in [5.41, 5.74) is 4.76. The molecule has 0 saturated heterocycles. The predicted octanol–water partition coefficient (Wildman–Crippen LogP) is 4.44. The number of hydrogen-bond acceptors (Lipinski definition) is 2. The van der Waals surface area contributed by atoms with E-state index in [-0.39, 0.29) is 5.97 Å². The van der Waals surface area contributed by atoms with E-state index in [4.69, 9.17) is 4.74 Å². The highest BCUT2D eigenvalue weighted by atomic mass is 16.5. The fraction of sp³-hybridized carbons (Fsp3) is 0.250. The molecule has 22 heavy (non-hydrogen) atoms. The zero-order chi connectivity index (χ0) is 15.8. The van der Waals surface area contributed by atoms with Crippen LogP contribution in [0.4, 0.5) is 0 Å². The molecule has 0 atom stereocenters. The van der Waals surface area contributed by atoms with Crippen LogP contribution in [0.3, 0.4) is 0 Å². The number of aryl methyl sites for hydroxylation is 1. The molecule has 2 nitrogen and oxygen atoms in total. The van der Waals surface area contributed by atoms with Gasteiger partial charge >= 0.3 is 5.97 Å². The van der Waals surface area contributed by atoms with Gasteiger partial charge in [0.25, 0.3) is 0 Å². The molecule has 0 aliphatic carbocycles. The van der Waals surface area contributed by atoms with Crippen LogP contribution in [0.25, 0.3) is 6.08 Å². The van der Waals surface area contributed by atoms with Gasteiger partial charge in [-0.05, 0) is 35.1 Å². The van der Waals surface area contributed by atoms with E-state index in [0.717, 1.165) is 24.0 Å². The number of carbonyl (C=O) groups excluding carboxylic acids is 1. The van der Waals surface area contributed by atoms with Crippen LogP contribution in [0.1, 0.15) is 30.5 Å². The van der Waals surface area contributed by atoms with Gasteiger partial charge in [0.15, 0.2) is 0 Å². The fourth-order valence-corrected chi connectivity index (χ4v) is 2.28. The maximum absolute atomic E-state index is 11.1. The Hall–Kier alpha value is -2.35. The lowest BCUT2D eigenvalue weighted by atomic mass is 10.0. The summed E-state index contributed by atoms with van der Waals surface area (Å²) in [7, 11) is 0. The third kappa shape index (κ3) is 5.21. The number of rotatable bonds is 6. The van der Waals surface area contributed by atoms with Crippen LogP contribution in [0.2, 0.25) is 0 Å². The van der Waals surface area contributed by atoms with Gasteiger partial charge in [0.2, 0.25) is 0 Å². The molecule has 0 N–H and O–H groups in total. The Morgan fingerprint density at radius 1 is 1.00 bits per heavy atom. The van der Waals surface area contributed by atoms with Crippen LogP contribution >= 0.6 is 0 Å². The van der Waals surface area contributed by atoms with E-state index in [1.807, 2.05) is 18.2 Å². The summed E-state index contributed by atoms with van der Waals surface area (Å²) in [6.07, 6.45) is 3.92. The highest BCUT2D eigenvalue weighted by Gasteiger charge is 2.03. The normalized spacial score (nSPS) is 11.3. The highest BCUT2D eigenvalue weighted by Crippen LogP contribution is 2.14. The summed E-state index contributed by atoms with van der Waals surface area (Å²) in [5, 5.41) is 0. The molecule has 2 aromatic carbocycles. The van der Waals surface area contributed by atoms with Gasteiger partial charge in [-0.25, -0.2) is 0 Å². The first-order valence-electron chi connectivity index (χ1n) is 7.63. The lowest BCUT2D eigenvalue weighted by Gasteiger charge is -2.09. The molecule has 0 radical (unpaired) electrons. The van der Waals surface area contributed by atoms with Gasteiger partial charge < -0.3 is 4.74 Å². The van der Waals surface area contributed by atoms with Gasteiger partial charge in [-0.15, -0.1) is 0 Å². The molecule has 0 unspecified atom stereocenters. The van der Waals surface area contributed by atoms with Crippen molar-refractivity contribution in [1.82, 2.24) is 0 Å². The van der Waals surface area contributed by atoms with Gasteiger partial charge in [-0.3, -0.25) is 4.79 Å². The minimum atomic E-state index is -0.250. The summed E-state index contributed by atoms with van der Waals surface area (Å²) in [4.78, 5) is 11.1. The number of ether oxygens (including phenoxy) is 1. The predicted molar refractivity (Wildman–Crippen MR) is 90.6 cm³/mol. The van der Waals surface area contributed by atoms with Crippen LogP contribution in [0.15, 0.2) is 60.2 Å². The molecule has 0 aromatic heterocycles. The lowest BCUT2D eigenvalue weighted by Crippen LogP contribution is -2.05. The first kappa shape index (κ1) is 16.0. The van der Waals surface area contributed by atoms with Crippen molar-refractivity contribution in [1.29, 1.82) is 0 Å². The Kier molecular flexibility index (Phi) is 5.96. The van der Waals surface area contributed by atoms with Crippen molar-refractivity contribution in [2.45, 2.75) is 26.7 Å². The van der Waals surface area contributed by atoms with Crippen LogP contribution in [0, 0.1) is 0 Å². The molecule has 0 heterocycles. The summed E-state index contributed by atoms with van der Waals surface area (Å²) < 4.78 is 5.19. The monoisotopic (exact) mass is 294 g/mol. The van der Waals surface area contributed by atoms with Gasteiger partial charge in [-0.1, -0.05) is 67.6 Å². The Labute approximate surface area is 132 Å². The minimum Gasteiger partial charge on any atom is -0.461 e. The van der Waals surface area contributed by atoms with Crippen LogP contribution in [-0.2, 0) is 22.4 Å². The fourth-order valence-electron chi connectivity index (χ4n) is 2.28. The molecular formula is C20H22O2. The molecule has 0 spiro atoms. The first-order chi connectivity index (χ1) is 10.7. The van der Waals surface area contributed by atoms with Crippen LogP contribution in [-0.4, -0.2) is 12.6 Å². The number of hydrogen-bond donors (Lipinski definition) is 0. The SMILES string of the molecule is CCc1ccc(C=C(COC(C)=O)Cc2ccccc2)cc1. The molecule has 2 heteroatoms. The Morgan fingerprint density at radius 2 is 1.68 bits per heavy atom. The van der Waals surface area contributed by atoms with E-state index in [0.29, 0.717) is 6.61 Å². The molecule has 0 aliphatic heterocycles. The Bertz CT molecular complexity index is 625. The lowest BCUT2D eigenvalue weighted by molar-refractivity contribution is -0.139. The summed E-state index contributed by atoms with van der Waals surface area (Å²) in [6, 6.07) is 18.7. The molecule has 0 saturated carbocycles. The minimum absolute atomic E-state index is 0.250. The average molecular weight is 294 g/mol. The van der Waals surface area contributed by atoms with Crippen molar-refractivity contribution in [3.05, 3.63) is 76.9 Å². The molecule has 0 bridgehead atoms. The number of carbonyl (C=O) groups is 1. The zero-order valence-corrected chi connectivity index (χ0v) is 13.2. The molecule has 2 rings (SSSR count). The molecule has 0 amide bonds. The van der Waals surface area contributed by atoms with Gasteiger partial charge in [-0.2, -0.15) is 0 Å². The largest absolute Gasteiger partial charge is 0.461 e. The van der Waals surface area contributed by atoms with E-state index in [1.165, 1.54) is 18.1 Å². The first-order valence-corrected chi connectivity index (χ1v) is 7.63. The number of esters is 1. The van der Waals surface area contributed by atoms with Crippen molar-refractivity contribution < 1.29 is 9.53 Å². The molecule has 114 valence electrons. The second-order valence-corrected chi connectivity index (χ2v) is 5.34. The quantitative estimate of drug-likeness (QED) is 0.736. The molecular weight excluding hydrogens is 272 g/mol. The van der Waals surface area contributed by atoms with Crippen LogP contribution in [0.5, 0.6) is 0 Å². The van der Waals surface area contributed by atoms with Crippen molar-refractivity contribution in [3.8, 4) is 0 Å². The number of benzene rings is 2. The second kappa shape index (κ2) is 8.18. The third-order valence-corrected chi connectivity index (χ3v) is 3.49. The maximum Gasteiger partial charge on any atom is 0.302 e. The van der Waals surface area contributed by atoms with E-state index in [2.05, 4.69) is 49.4 Å². The van der Waals surface area contributed by atoms with Crippen molar-refractivity contribution >= 4 is 12.0 Å². The second-order valence-electron chi connectivity index (χ2n) is 5.34. The smallest absolute Gasteiger partial charge is 0.302 e. The van der Waals surface area contributed by atoms with E-state index in [9.17, 15) is 4.79 Å². The summed E-state index contributed by atoms with van der Waals surface area (Å²) in [5.74, 6) is -0.250. The zero-order valence-electron chi connectivity index (χ0n) is 13.2. The van der Waals surface area contributed by atoms with E-state index >= 15 is 0 Å². The van der Waals surface area contributed by atoms with Crippen molar-refractivity contribution in [2.24, 2.45) is 0 Å². The topological polar surface area (TPSA) is 26.3 Å². The highest BCUT2D eigenvalue weighted by molar-refractivity contribution is 5.66. The molecule has 0 aliphatic rings. The van der Waals surface area contributed by atoms with Crippen LogP contribution < -0.4 is 0 Å². The van der Waals surface area contributed by atoms with Gasteiger partial charge in [0.1, 0.15) is 6.61 Å². The summed E-state index contributed by atoms with van der Waals surface area (Å²) in [6.45, 7) is 3.92. The Balaban J connectivity index is 2.17. The van der Waals surface area contributed by atoms with E-state index in [1.54, 1.807) is 0 Å². The van der Waals surface area contributed by atoms with Gasteiger partial charge in [0, 0.05) is 6.92 Å². The van der Waals surface area contributed by atoms with Gasteiger partial charge in [0.05, 0.1) is 0 Å². The van der Waals surface area contributed by atoms with Crippen molar-refractivity contribution in [2.75, 3.05) is 6.61 Å². The van der Waals surface area contributed by atoms with E-state index < -0.39 is 0 Å². The van der Waals surface area contributed by atoms with Crippen molar-refractivity contribution in [3.63, 3.8) is 0 Å². The summed E-state index contributed by atoms with van der Waals surface area (Å²) >= 11 is 0. The standard InChI is InChI=1S/C20H22O2/c1-3-17-9-11-19(12-10-17)14-20(15-22-16(2)21)13-18-7-5-4-6-8-18/h4-12,14H,3,13,15H2,1-2H3. The molecule has 2 aromatic rings. The Morgan fingerprint density at radius 3 is 2.27 bits per heavy atom.